The van der Waals surface area contributed by atoms with E-state index in [2.05, 4.69) is 4.72 Å². The summed E-state index contributed by atoms with van der Waals surface area (Å²) in [5, 5.41) is 9.14. The summed E-state index contributed by atoms with van der Waals surface area (Å²) in [5.41, 5.74) is -0.01000. The highest BCUT2D eigenvalue weighted by Crippen LogP contribution is 2.17. The normalized spacial score (nSPS) is 17.0. The fraction of sp³-hybridized carbons (Fsp3) is 0.615. The van der Waals surface area contributed by atoms with Gasteiger partial charge < -0.3 is 14.4 Å². The van der Waals surface area contributed by atoms with Crippen LogP contribution in [0.1, 0.15) is 36.7 Å². The van der Waals surface area contributed by atoms with Crippen LogP contribution in [0.5, 0.6) is 0 Å². The maximum atomic E-state index is 12.3. The Balaban J connectivity index is 2.22. The number of carbonyl (C=O) groups is 1. The Morgan fingerprint density at radius 2 is 2.14 bits per heavy atom. The van der Waals surface area contributed by atoms with E-state index in [-0.39, 0.29) is 16.6 Å². The number of aromatic nitrogens is 1. The minimum Gasteiger partial charge on any atom is -0.477 e. The summed E-state index contributed by atoms with van der Waals surface area (Å²) in [7, 11) is -3.70. The number of carboxylic acids is 1. The van der Waals surface area contributed by atoms with Crippen LogP contribution in [0.2, 0.25) is 0 Å². The molecule has 1 aliphatic heterocycles. The van der Waals surface area contributed by atoms with Gasteiger partial charge >= 0.3 is 5.97 Å². The first-order chi connectivity index (χ1) is 9.94. The first-order valence-electron chi connectivity index (χ1n) is 6.97. The van der Waals surface area contributed by atoms with Crippen LogP contribution in [0, 0.1) is 0 Å². The second-order valence-electron chi connectivity index (χ2n) is 5.07. The maximum absolute atomic E-state index is 12.3. The summed E-state index contributed by atoms with van der Waals surface area (Å²) < 4.78 is 33.9. The minimum atomic E-state index is -3.70. The van der Waals surface area contributed by atoms with E-state index in [1.54, 1.807) is 0 Å². The zero-order valence-corrected chi connectivity index (χ0v) is 12.7. The Morgan fingerprint density at radius 1 is 1.48 bits per heavy atom. The van der Waals surface area contributed by atoms with E-state index >= 15 is 0 Å². The maximum Gasteiger partial charge on any atom is 0.352 e. The quantitative estimate of drug-likeness (QED) is 0.817. The molecule has 0 bridgehead atoms. The molecule has 0 spiro atoms. The van der Waals surface area contributed by atoms with Crippen LogP contribution in [-0.4, -0.2) is 43.3 Å². The van der Waals surface area contributed by atoms with Crippen molar-refractivity contribution in [1.82, 2.24) is 9.29 Å². The van der Waals surface area contributed by atoms with Gasteiger partial charge in [0, 0.05) is 32.0 Å². The van der Waals surface area contributed by atoms with Gasteiger partial charge in [-0.3, -0.25) is 0 Å². The molecule has 2 rings (SSSR count). The molecule has 0 aliphatic carbocycles. The number of aryl methyl sites for hydroxylation is 1. The molecule has 7 nitrogen and oxygen atoms in total. The second kappa shape index (κ2) is 6.59. The van der Waals surface area contributed by atoms with Crippen molar-refractivity contribution in [2.24, 2.45) is 0 Å². The Bertz CT molecular complexity index is 602. The predicted molar refractivity (Wildman–Crippen MR) is 75.8 cm³/mol. The average molecular weight is 316 g/mol. The van der Waals surface area contributed by atoms with Gasteiger partial charge in [-0.25, -0.2) is 17.9 Å². The zero-order chi connectivity index (χ0) is 15.5. The lowest BCUT2D eigenvalue weighted by Crippen LogP contribution is -2.38. The molecule has 1 aromatic rings. The Labute approximate surface area is 124 Å². The number of rotatable bonds is 6. The SMILES string of the molecule is CCCn1cc(S(=O)(=O)NC2CCOCC2)cc1C(=O)O. The molecule has 1 fully saturated rings. The first-order valence-corrected chi connectivity index (χ1v) is 8.46. The van der Waals surface area contributed by atoms with Crippen LogP contribution >= 0.6 is 0 Å². The molecule has 1 saturated heterocycles. The van der Waals surface area contributed by atoms with E-state index in [1.807, 2.05) is 6.92 Å². The van der Waals surface area contributed by atoms with Crippen LogP contribution in [0.25, 0.3) is 0 Å². The second-order valence-corrected chi connectivity index (χ2v) is 6.78. The Kier molecular flexibility index (Phi) is 5.02. The monoisotopic (exact) mass is 316 g/mol. The van der Waals surface area contributed by atoms with E-state index < -0.39 is 16.0 Å². The van der Waals surface area contributed by atoms with Gasteiger partial charge in [0.2, 0.25) is 10.0 Å². The first kappa shape index (κ1) is 16.0. The topological polar surface area (TPSA) is 97.6 Å². The third-order valence-corrected chi connectivity index (χ3v) is 4.90. The summed E-state index contributed by atoms with van der Waals surface area (Å²) in [6.45, 7) is 3.43. The molecule has 0 radical (unpaired) electrons. The van der Waals surface area contributed by atoms with Crippen molar-refractivity contribution in [2.75, 3.05) is 13.2 Å². The number of hydrogen-bond donors (Lipinski definition) is 2. The molecule has 0 saturated carbocycles. The van der Waals surface area contributed by atoms with Crippen LogP contribution in [0.15, 0.2) is 17.2 Å². The molecule has 0 atom stereocenters. The third kappa shape index (κ3) is 3.84. The molecule has 8 heteroatoms. The fourth-order valence-corrected chi connectivity index (χ4v) is 3.68. The highest BCUT2D eigenvalue weighted by molar-refractivity contribution is 7.89. The molecule has 2 heterocycles. The minimum absolute atomic E-state index is 0.000146. The molecule has 0 unspecified atom stereocenters. The van der Waals surface area contributed by atoms with E-state index in [0.717, 1.165) is 6.42 Å². The highest BCUT2D eigenvalue weighted by atomic mass is 32.2. The molecule has 21 heavy (non-hydrogen) atoms. The van der Waals surface area contributed by atoms with Crippen molar-refractivity contribution in [2.45, 2.75) is 43.7 Å². The predicted octanol–water partition coefficient (Wildman–Crippen LogP) is 1.05. The molecular formula is C13H20N2O5S. The van der Waals surface area contributed by atoms with Gasteiger partial charge in [-0.15, -0.1) is 0 Å². The van der Waals surface area contributed by atoms with Gasteiger partial charge in [-0.1, -0.05) is 6.92 Å². The number of nitrogens with one attached hydrogen (secondary N) is 1. The van der Waals surface area contributed by atoms with E-state index in [4.69, 9.17) is 9.84 Å². The van der Waals surface area contributed by atoms with Gasteiger partial charge in [-0.05, 0) is 25.3 Å². The van der Waals surface area contributed by atoms with Crippen LogP contribution in [-0.2, 0) is 21.3 Å². The van der Waals surface area contributed by atoms with E-state index in [9.17, 15) is 13.2 Å². The average Bonchev–Trinajstić information content (AvgIpc) is 2.85. The number of sulfonamides is 1. The summed E-state index contributed by atoms with van der Waals surface area (Å²) in [6.07, 6.45) is 3.36. The number of nitrogens with zero attached hydrogens (tertiary/aromatic N) is 1. The Morgan fingerprint density at radius 3 is 2.71 bits per heavy atom. The van der Waals surface area contributed by atoms with Crippen LogP contribution < -0.4 is 4.72 Å². The molecule has 2 N–H and O–H groups in total. The van der Waals surface area contributed by atoms with Crippen molar-refractivity contribution < 1.29 is 23.1 Å². The van der Waals surface area contributed by atoms with Gasteiger partial charge in [0.1, 0.15) is 10.6 Å². The van der Waals surface area contributed by atoms with Gasteiger partial charge in [0.25, 0.3) is 0 Å². The third-order valence-electron chi connectivity index (χ3n) is 3.41. The van der Waals surface area contributed by atoms with Gasteiger partial charge in [0.15, 0.2) is 0 Å². The summed E-state index contributed by atoms with van der Waals surface area (Å²) in [5.74, 6) is -1.13. The van der Waals surface area contributed by atoms with Crippen molar-refractivity contribution in [1.29, 1.82) is 0 Å². The highest BCUT2D eigenvalue weighted by Gasteiger charge is 2.25. The summed E-state index contributed by atoms with van der Waals surface area (Å²) in [4.78, 5) is 11.2. The summed E-state index contributed by atoms with van der Waals surface area (Å²) >= 11 is 0. The van der Waals surface area contributed by atoms with Crippen molar-refractivity contribution in [3.8, 4) is 0 Å². The molecule has 1 aromatic heterocycles. The van der Waals surface area contributed by atoms with Gasteiger partial charge in [0.05, 0.1) is 0 Å². The molecule has 118 valence electrons. The van der Waals surface area contributed by atoms with E-state index in [1.165, 1.54) is 16.8 Å². The number of carboxylic acid groups (broad SMARTS) is 1. The standard InChI is InChI=1S/C13H20N2O5S/c1-2-5-15-9-11(8-12(15)13(16)17)21(18,19)14-10-3-6-20-7-4-10/h8-10,14H,2-7H2,1H3,(H,16,17). The lowest BCUT2D eigenvalue weighted by atomic mass is 10.1. The molecular weight excluding hydrogens is 296 g/mol. The van der Waals surface area contributed by atoms with E-state index in [0.29, 0.717) is 32.6 Å². The van der Waals surface area contributed by atoms with Crippen molar-refractivity contribution in [3.63, 3.8) is 0 Å². The Hall–Kier alpha value is -1.38. The lowest BCUT2D eigenvalue weighted by Gasteiger charge is -2.22. The summed E-state index contributed by atoms with van der Waals surface area (Å²) in [6, 6.07) is 1.05. The largest absolute Gasteiger partial charge is 0.477 e. The van der Waals surface area contributed by atoms with Crippen LogP contribution in [0.3, 0.4) is 0 Å². The molecule has 1 aliphatic rings. The van der Waals surface area contributed by atoms with Crippen molar-refractivity contribution >= 4 is 16.0 Å². The lowest BCUT2D eigenvalue weighted by molar-refractivity contribution is 0.0685. The smallest absolute Gasteiger partial charge is 0.352 e. The number of aromatic carboxylic acids is 1. The van der Waals surface area contributed by atoms with Crippen LogP contribution in [0.4, 0.5) is 0 Å². The molecule has 0 aromatic carbocycles. The van der Waals surface area contributed by atoms with Gasteiger partial charge in [-0.2, -0.15) is 0 Å². The number of ether oxygens (including phenoxy) is 1. The van der Waals surface area contributed by atoms with Crippen molar-refractivity contribution in [3.05, 3.63) is 18.0 Å². The number of hydrogen-bond acceptors (Lipinski definition) is 4. The fourth-order valence-electron chi connectivity index (χ4n) is 2.34. The zero-order valence-electron chi connectivity index (χ0n) is 11.9. The molecule has 0 amide bonds.